The molecule has 4 heteroatoms. The van der Waals surface area contributed by atoms with Gasteiger partial charge in [-0.3, -0.25) is 0 Å². The van der Waals surface area contributed by atoms with Crippen LogP contribution in [0.2, 0.25) is 0 Å². The second-order valence-corrected chi connectivity index (χ2v) is 3.77. The zero-order chi connectivity index (χ0) is 9.26. The Morgan fingerprint density at radius 3 is 3.00 bits per heavy atom. The van der Waals surface area contributed by atoms with Gasteiger partial charge in [-0.1, -0.05) is 0 Å². The van der Waals surface area contributed by atoms with Gasteiger partial charge in [0.25, 0.3) is 0 Å². The van der Waals surface area contributed by atoms with Crippen LogP contribution in [0.5, 0.6) is 0 Å². The summed E-state index contributed by atoms with van der Waals surface area (Å²) in [6, 6.07) is 3.48. The highest BCUT2D eigenvalue weighted by Gasteiger charge is 2.15. The zero-order valence-electron chi connectivity index (χ0n) is 7.10. The average Bonchev–Trinajstić information content (AvgIpc) is 2.72. The Labute approximate surface area is 79.7 Å². The number of rotatable bonds is 2. The molecular weight excluding hydrogens is 186 g/mol. The molecule has 2 aromatic rings. The second kappa shape index (κ2) is 3.32. The third-order valence-corrected chi connectivity index (χ3v) is 2.52. The van der Waals surface area contributed by atoms with E-state index in [1.54, 1.807) is 12.1 Å². The van der Waals surface area contributed by atoms with Crippen molar-refractivity contribution in [2.75, 3.05) is 0 Å². The first-order valence-electron chi connectivity index (χ1n) is 3.91. The predicted octanol–water partition coefficient (Wildman–Crippen LogP) is 2.13. The van der Waals surface area contributed by atoms with Crippen molar-refractivity contribution < 1.29 is 9.52 Å². The van der Waals surface area contributed by atoms with E-state index in [1.165, 1.54) is 17.6 Å². The number of hydrogen-bond acceptors (Lipinski definition) is 4. The number of aliphatic hydroxyl groups is 1. The minimum Gasteiger partial charge on any atom is -0.466 e. The Hall–Kier alpha value is -1.13. The monoisotopic (exact) mass is 195 g/mol. The van der Waals surface area contributed by atoms with Crippen molar-refractivity contribution in [1.29, 1.82) is 0 Å². The largest absolute Gasteiger partial charge is 0.466 e. The van der Waals surface area contributed by atoms with Gasteiger partial charge >= 0.3 is 0 Å². The maximum absolute atomic E-state index is 9.74. The molecule has 1 N–H and O–H groups in total. The maximum Gasteiger partial charge on any atom is 0.154 e. The Kier molecular flexibility index (Phi) is 2.16. The molecule has 0 fully saturated rings. The van der Waals surface area contributed by atoms with Crippen LogP contribution >= 0.6 is 11.3 Å². The molecule has 0 saturated heterocycles. The fourth-order valence-electron chi connectivity index (χ4n) is 1.10. The number of furan rings is 1. The summed E-state index contributed by atoms with van der Waals surface area (Å²) in [5.41, 5.74) is 0.650. The van der Waals surface area contributed by atoms with E-state index >= 15 is 0 Å². The summed E-state index contributed by atoms with van der Waals surface area (Å²) in [5.74, 6) is 0.533. The van der Waals surface area contributed by atoms with E-state index < -0.39 is 6.10 Å². The van der Waals surface area contributed by atoms with E-state index in [2.05, 4.69) is 4.98 Å². The fourth-order valence-corrected chi connectivity index (χ4v) is 1.73. The highest BCUT2D eigenvalue weighted by Crippen LogP contribution is 2.23. The van der Waals surface area contributed by atoms with Crippen molar-refractivity contribution in [3.63, 3.8) is 0 Å². The summed E-state index contributed by atoms with van der Waals surface area (Å²) in [5, 5.41) is 12.5. The number of aryl methyl sites for hydroxylation is 1. The van der Waals surface area contributed by atoms with E-state index in [4.69, 9.17) is 4.42 Å². The van der Waals surface area contributed by atoms with E-state index in [0.29, 0.717) is 11.5 Å². The summed E-state index contributed by atoms with van der Waals surface area (Å²) in [7, 11) is 0. The quantitative estimate of drug-likeness (QED) is 0.798. The fraction of sp³-hybridized carbons (Fsp3) is 0.222. The Bertz CT molecular complexity index is 380. The van der Waals surface area contributed by atoms with Crippen molar-refractivity contribution in [2.24, 2.45) is 0 Å². The maximum atomic E-state index is 9.74. The van der Waals surface area contributed by atoms with Crippen LogP contribution in [0.1, 0.15) is 22.6 Å². The zero-order valence-corrected chi connectivity index (χ0v) is 7.91. The number of aromatic nitrogens is 1. The molecule has 2 heterocycles. The van der Waals surface area contributed by atoms with Crippen molar-refractivity contribution in [1.82, 2.24) is 4.98 Å². The first-order valence-corrected chi connectivity index (χ1v) is 4.79. The van der Waals surface area contributed by atoms with Gasteiger partial charge < -0.3 is 9.52 Å². The lowest BCUT2D eigenvalue weighted by atomic mass is 10.2. The van der Waals surface area contributed by atoms with Gasteiger partial charge in [0.2, 0.25) is 0 Å². The van der Waals surface area contributed by atoms with Crippen LogP contribution < -0.4 is 0 Å². The molecule has 2 aromatic heterocycles. The molecule has 1 atom stereocenters. The van der Waals surface area contributed by atoms with Crippen molar-refractivity contribution in [3.05, 3.63) is 40.2 Å². The molecule has 0 aromatic carbocycles. The van der Waals surface area contributed by atoms with Gasteiger partial charge in [0.15, 0.2) is 6.10 Å². The van der Waals surface area contributed by atoms with Crippen molar-refractivity contribution in [3.8, 4) is 0 Å². The Morgan fingerprint density at radius 2 is 2.46 bits per heavy atom. The Morgan fingerprint density at radius 1 is 1.62 bits per heavy atom. The Balaban J connectivity index is 2.28. The highest BCUT2D eigenvalue weighted by atomic mass is 32.1. The third-order valence-electron chi connectivity index (χ3n) is 1.73. The molecule has 0 spiro atoms. The molecule has 0 bridgehead atoms. The molecular formula is C9H9NO2S. The van der Waals surface area contributed by atoms with Gasteiger partial charge in [-0.15, -0.1) is 11.3 Å². The average molecular weight is 195 g/mol. The molecule has 0 amide bonds. The standard InChI is InChI=1S/C9H9NO2S/c1-6-10-7(5-13-6)9(11)8-3-2-4-12-8/h2-5,9,11H,1H3. The van der Waals surface area contributed by atoms with Gasteiger partial charge in [0.05, 0.1) is 17.0 Å². The van der Waals surface area contributed by atoms with Crippen LogP contribution in [0.15, 0.2) is 28.2 Å². The molecule has 3 nitrogen and oxygen atoms in total. The molecule has 0 aliphatic rings. The smallest absolute Gasteiger partial charge is 0.154 e. The molecule has 0 saturated carbocycles. The van der Waals surface area contributed by atoms with Crippen LogP contribution in [0, 0.1) is 6.92 Å². The summed E-state index contributed by atoms with van der Waals surface area (Å²) < 4.78 is 5.07. The van der Waals surface area contributed by atoms with E-state index in [0.717, 1.165) is 5.01 Å². The number of hydrogen-bond donors (Lipinski definition) is 1. The van der Waals surface area contributed by atoms with Crippen LogP contribution in [-0.2, 0) is 0 Å². The molecule has 0 aliphatic carbocycles. The number of nitrogens with zero attached hydrogens (tertiary/aromatic N) is 1. The minimum absolute atomic E-state index is 0.533. The van der Waals surface area contributed by atoms with Crippen LogP contribution in [-0.4, -0.2) is 10.1 Å². The SMILES string of the molecule is Cc1nc(C(O)c2ccco2)cs1. The van der Waals surface area contributed by atoms with E-state index in [1.807, 2.05) is 12.3 Å². The van der Waals surface area contributed by atoms with Gasteiger partial charge in [0, 0.05) is 5.38 Å². The highest BCUT2D eigenvalue weighted by molar-refractivity contribution is 7.09. The molecule has 13 heavy (non-hydrogen) atoms. The van der Waals surface area contributed by atoms with Gasteiger partial charge in [-0.2, -0.15) is 0 Å². The van der Waals surface area contributed by atoms with Gasteiger partial charge in [0.1, 0.15) is 5.76 Å². The van der Waals surface area contributed by atoms with Crippen molar-refractivity contribution in [2.45, 2.75) is 13.0 Å². The lowest BCUT2D eigenvalue weighted by Gasteiger charge is -2.02. The summed E-state index contributed by atoms with van der Waals surface area (Å²) in [4.78, 5) is 4.18. The van der Waals surface area contributed by atoms with Crippen LogP contribution in [0.4, 0.5) is 0 Å². The number of aliphatic hydroxyl groups excluding tert-OH is 1. The number of thiazole rings is 1. The van der Waals surface area contributed by atoms with Crippen molar-refractivity contribution >= 4 is 11.3 Å². The van der Waals surface area contributed by atoms with Crippen LogP contribution in [0.3, 0.4) is 0 Å². The normalized spacial score (nSPS) is 13.1. The summed E-state index contributed by atoms with van der Waals surface area (Å²) in [6.45, 7) is 1.91. The summed E-state index contributed by atoms with van der Waals surface area (Å²) >= 11 is 1.52. The lowest BCUT2D eigenvalue weighted by molar-refractivity contribution is 0.185. The van der Waals surface area contributed by atoms with Gasteiger partial charge in [-0.25, -0.2) is 4.98 Å². The second-order valence-electron chi connectivity index (χ2n) is 2.71. The van der Waals surface area contributed by atoms with Crippen LogP contribution in [0.25, 0.3) is 0 Å². The molecule has 0 radical (unpaired) electrons. The summed E-state index contributed by atoms with van der Waals surface area (Å²) in [6.07, 6.45) is 0.803. The van der Waals surface area contributed by atoms with E-state index in [9.17, 15) is 5.11 Å². The third kappa shape index (κ3) is 1.64. The lowest BCUT2D eigenvalue weighted by Crippen LogP contribution is -1.97. The minimum atomic E-state index is -0.736. The first-order chi connectivity index (χ1) is 6.27. The topological polar surface area (TPSA) is 46.3 Å². The van der Waals surface area contributed by atoms with Gasteiger partial charge in [-0.05, 0) is 19.1 Å². The first kappa shape index (κ1) is 8.47. The molecule has 1 unspecified atom stereocenters. The predicted molar refractivity (Wildman–Crippen MR) is 49.6 cm³/mol. The van der Waals surface area contributed by atoms with E-state index in [-0.39, 0.29) is 0 Å². The molecule has 0 aliphatic heterocycles. The molecule has 68 valence electrons. The molecule has 2 rings (SSSR count).